The van der Waals surface area contributed by atoms with Crippen molar-refractivity contribution in [1.82, 2.24) is 5.32 Å². The van der Waals surface area contributed by atoms with Crippen molar-refractivity contribution in [2.24, 2.45) is 0 Å². The molecule has 4 nitrogen and oxygen atoms in total. The van der Waals surface area contributed by atoms with Gasteiger partial charge in [-0.3, -0.25) is 10.1 Å². The van der Waals surface area contributed by atoms with Crippen LogP contribution in [0.25, 0.3) is 10.8 Å². The van der Waals surface area contributed by atoms with Gasteiger partial charge in [-0.05, 0) is 59.6 Å². The third-order valence-electron chi connectivity index (χ3n) is 5.63. The van der Waals surface area contributed by atoms with E-state index in [9.17, 15) is 10.1 Å². The van der Waals surface area contributed by atoms with Crippen LogP contribution in [0.4, 0.5) is 5.69 Å². The number of hydrogen-bond donors (Lipinski definition) is 2. The molecule has 1 fully saturated rings. The van der Waals surface area contributed by atoms with E-state index in [1.807, 2.05) is 60.7 Å². The first-order valence-electron chi connectivity index (χ1n) is 9.73. The smallest absolute Gasteiger partial charge is 0.258 e. The normalized spacial score (nSPS) is 14.9. The van der Waals surface area contributed by atoms with E-state index in [0.29, 0.717) is 5.56 Å². The fraction of sp³-hybridized carbons (Fsp3) is 0.208. The molecule has 1 amide bonds. The van der Waals surface area contributed by atoms with Gasteiger partial charge in [0.2, 0.25) is 0 Å². The average molecular weight is 400 g/mol. The second-order valence-electron chi connectivity index (χ2n) is 7.41. The van der Waals surface area contributed by atoms with Crippen molar-refractivity contribution in [2.45, 2.75) is 31.1 Å². The lowest BCUT2D eigenvalue weighted by Gasteiger charge is -2.21. The van der Waals surface area contributed by atoms with Crippen molar-refractivity contribution in [3.63, 3.8) is 0 Å². The van der Waals surface area contributed by atoms with Gasteiger partial charge in [-0.25, -0.2) is 0 Å². The first-order valence-corrected chi connectivity index (χ1v) is 10.1. The number of benzene rings is 3. The van der Waals surface area contributed by atoms with Gasteiger partial charge in [0.05, 0.1) is 11.5 Å². The van der Waals surface area contributed by atoms with Crippen LogP contribution in [-0.2, 0) is 5.41 Å². The molecular weight excluding hydrogens is 378 g/mol. The first-order chi connectivity index (χ1) is 14.1. The van der Waals surface area contributed by atoms with E-state index >= 15 is 0 Å². The van der Waals surface area contributed by atoms with Crippen molar-refractivity contribution in [3.8, 4) is 6.07 Å². The predicted molar refractivity (Wildman–Crippen MR) is 120 cm³/mol. The summed E-state index contributed by atoms with van der Waals surface area (Å²) < 4.78 is 0. The van der Waals surface area contributed by atoms with Crippen LogP contribution >= 0.6 is 12.2 Å². The number of rotatable bonds is 3. The zero-order chi connectivity index (χ0) is 20.3. The highest BCUT2D eigenvalue weighted by Gasteiger charge is 2.35. The van der Waals surface area contributed by atoms with Crippen LogP contribution < -0.4 is 10.6 Å². The first kappa shape index (κ1) is 19.1. The molecule has 0 aromatic heterocycles. The van der Waals surface area contributed by atoms with E-state index in [-0.39, 0.29) is 16.4 Å². The van der Waals surface area contributed by atoms with Gasteiger partial charge >= 0.3 is 0 Å². The largest absolute Gasteiger partial charge is 0.332 e. The summed E-state index contributed by atoms with van der Waals surface area (Å²) in [5.74, 6) is -0.245. The fourth-order valence-electron chi connectivity index (χ4n) is 4.07. The van der Waals surface area contributed by atoms with Gasteiger partial charge in [-0.15, -0.1) is 0 Å². The van der Waals surface area contributed by atoms with Crippen LogP contribution in [0.15, 0.2) is 66.7 Å². The van der Waals surface area contributed by atoms with Crippen LogP contribution in [-0.4, -0.2) is 11.0 Å². The van der Waals surface area contributed by atoms with Gasteiger partial charge in [0.15, 0.2) is 5.11 Å². The summed E-state index contributed by atoms with van der Waals surface area (Å²) in [5.41, 5.74) is 2.05. The molecule has 0 unspecified atom stereocenters. The number of nitriles is 1. The second kappa shape index (κ2) is 8.02. The molecule has 1 saturated carbocycles. The van der Waals surface area contributed by atoms with Gasteiger partial charge in [-0.1, -0.05) is 61.4 Å². The maximum Gasteiger partial charge on any atom is 0.258 e. The number of carbonyl (C=O) groups is 1. The minimum atomic E-state index is -0.360. The van der Waals surface area contributed by atoms with Crippen LogP contribution in [0.2, 0.25) is 0 Å². The highest BCUT2D eigenvalue weighted by atomic mass is 32.1. The highest BCUT2D eigenvalue weighted by Crippen LogP contribution is 2.40. The summed E-state index contributed by atoms with van der Waals surface area (Å²) in [5, 5.41) is 17.6. The minimum Gasteiger partial charge on any atom is -0.332 e. The molecule has 0 saturated heterocycles. The third-order valence-corrected chi connectivity index (χ3v) is 5.83. The van der Waals surface area contributed by atoms with Gasteiger partial charge in [0.25, 0.3) is 5.91 Å². The average Bonchev–Trinajstić information content (AvgIpc) is 3.24. The van der Waals surface area contributed by atoms with Gasteiger partial charge < -0.3 is 5.32 Å². The van der Waals surface area contributed by atoms with E-state index in [0.717, 1.165) is 47.7 Å². The third kappa shape index (κ3) is 3.85. The number of thiocarbonyl (C=S) groups is 1. The lowest BCUT2D eigenvalue weighted by atomic mass is 9.80. The van der Waals surface area contributed by atoms with Crippen LogP contribution in [0.5, 0.6) is 0 Å². The summed E-state index contributed by atoms with van der Waals surface area (Å²) in [7, 11) is 0. The summed E-state index contributed by atoms with van der Waals surface area (Å²) in [6.45, 7) is 0. The van der Waals surface area contributed by atoms with Crippen LogP contribution in [0.3, 0.4) is 0 Å². The molecule has 0 radical (unpaired) electrons. The van der Waals surface area contributed by atoms with Crippen LogP contribution in [0, 0.1) is 11.3 Å². The van der Waals surface area contributed by atoms with E-state index in [4.69, 9.17) is 12.2 Å². The van der Waals surface area contributed by atoms with Gasteiger partial charge in [0.1, 0.15) is 0 Å². The number of nitrogens with one attached hydrogen (secondary N) is 2. The molecule has 0 spiro atoms. The lowest BCUT2D eigenvalue weighted by Crippen LogP contribution is -2.34. The molecular formula is C24H21N3OS. The molecule has 1 aliphatic rings. The standard InChI is InChI=1S/C24H21N3OS/c25-16-24(14-3-4-15-24)18-10-12-19(13-11-18)26-23(29)27-22(28)21-9-5-7-17-6-1-2-8-20(17)21/h1-2,5-13H,3-4,14-15H2,(H2,26,27,28,29). The molecule has 144 valence electrons. The Balaban J connectivity index is 1.44. The Hall–Kier alpha value is -3.23. The van der Waals surface area contributed by atoms with E-state index < -0.39 is 0 Å². The summed E-state index contributed by atoms with van der Waals surface area (Å²) in [6.07, 6.45) is 4.02. The highest BCUT2D eigenvalue weighted by molar-refractivity contribution is 7.80. The van der Waals surface area contributed by atoms with Gasteiger partial charge in [-0.2, -0.15) is 5.26 Å². The molecule has 0 atom stereocenters. The predicted octanol–water partition coefficient (Wildman–Crippen LogP) is 5.30. The number of amides is 1. The van der Waals surface area contributed by atoms with Crippen molar-refractivity contribution < 1.29 is 4.79 Å². The molecule has 4 rings (SSSR count). The number of fused-ring (bicyclic) bond motifs is 1. The molecule has 0 bridgehead atoms. The van der Waals surface area contributed by atoms with E-state index in [2.05, 4.69) is 16.7 Å². The van der Waals surface area contributed by atoms with Gasteiger partial charge in [0, 0.05) is 11.3 Å². The maximum absolute atomic E-state index is 12.7. The summed E-state index contributed by atoms with van der Waals surface area (Å²) in [4.78, 5) is 12.7. The molecule has 2 N–H and O–H groups in total. The Labute approximate surface area is 175 Å². The van der Waals surface area contributed by atoms with Crippen molar-refractivity contribution in [2.75, 3.05) is 5.32 Å². The zero-order valence-electron chi connectivity index (χ0n) is 15.9. The Morgan fingerprint density at radius 3 is 2.38 bits per heavy atom. The molecule has 3 aromatic rings. The lowest BCUT2D eigenvalue weighted by molar-refractivity contribution is 0.0979. The molecule has 0 heterocycles. The Bertz CT molecular complexity index is 1100. The van der Waals surface area contributed by atoms with Crippen molar-refractivity contribution in [1.29, 1.82) is 5.26 Å². The molecule has 3 aromatic carbocycles. The molecule has 29 heavy (non-hydrogen) atoms. The zero-order valence-corrected chi connectivity index (χ0v) is 16.8. The van der Waals surface area contributed by atoms with Crippen molar-refractivity contribution >= 4 is 39.7 Å². The molecule has 5 heteroatoms. The summed E-state index contributed by atoms with van der Waals surface area (Å²) >= 11 is 5.32. The minimum absolute atomic E-state index is 0.242. The molecule has 0 aliphatic heterocycles. The Morgan fingerprint density at radius 2 is 1.66 bits per heavy atom. The quantitative estimate of drug-likeness (QED) is 0.587. The SMILES string of the molecule is N#CC1(c2ccc(NC(=S)NC(=O)c3cccc4ccccc34)cc2)CCCC1. The number of nitrogens with zero attached hydrogens (tertiary/aromatic N) is 1. The number of carbonyl (C=O) groups excluding carboxylic acids is 1. The summed E-state index contributed by atoms with van der Waals surface area (Å²) in [6, 6.07) is 23.7. The topological polar surface area (TPSA) is 64.9 Å². The monoisotopic (exact) mass is 399 g/mol. The van der Waals surface area contributed by atoms with Crippen LogP contribution in [0.1, 0.15) is 41.6 Å². The molecule has 1 aliphatic carbocycles. The fourth-order valence-corrected chi connectivity index (χ4v) is 4.28. The number of hydrogen-bond acceptors (Lipinski definition) is 3. The number of anilines is 1. The Kier molecular flexibility index (Phi) is 5.28. The Morgan fingerprint density at radius 1 is 0.966 bits per heavy atom. The maximum atomic E-state index is 12.7. The van der Waals surface area contributed by atoms with E-state index in [1.165, 1.54) is 0 Å². The second-order valence-corrected chi connectivity index (χ2v) is 7.82. The van der Waals surface area contributed by atoms with Crippen molar-refractivity contribution in [3.05, 3.63) is 77.9 Å². The van der Waals surface area contributed by atoms with E-state index in [1.54, 1.807) is 6.07 Å².